The van der Waals surface area contributed by atoms with Crippen molar-refractivity contribution >= 4 is 23.3 Å². The van der Waals surface area contributed by atoms with E-state index in [2.05, 4.69) is 46.0 Å². The number of benzene rings is 1. The van der Waals surface area contributed by atoms with Crippen molar-refractivity contribution in [2.24, 2.45) is 5.92 Å². The number of hydrogen-bond donors (Lipinski definition) is 1. The van der Waals surface area contributed by atoms with Gasteiger partial charge >= 0.3 is 6.18 Å². The summed E-state index contributed by atoms with van der Waals surface area (Å²) in [7, 11) is 2.00. The molecule has 2 aromatic heterocycles. The number of rotatable bonds is 5. The van der Waals surface area contributed by atoms with Crippen LogP contribution in [-0.4, -0.2) is 63.5 Å². The lowest BCUT2D eigenvalue weighted by Gasteiger charge is -2.33. The Kier molecular flexibility index (Phi) is 9.30. The van der Waals surface area contributed by atoms with Gasteiger partial charge in [0.05, 0.1) is 27.4 Å². The average Bonchev–Trinajstić information content (AvgIpc) is 3.28. The zero-order valence-corrected chi connectivity index (χ0v) is 25.5. The van der Waals surface area contributed by atoms with Crippen molar-refractivity contribution in [3.05, 3.63) is 86.7 Å². The number of fused-ring (bicyclic) bond motifs is 1. The fourth-order valence-electron chi connectivity index (χ4n) is 4.91. The predicted molar refractivity (Wildman–Crippen MR) is 163 cm³/mol. The molecule has 1 N–H and O–H groups in total. The van der Waals surface area contributed by atoms with E-state index in [1.165, 1.54) is 23.9 Å². The van der Waals surface area contributed by atoms with E-state index in [0.29, 0.717) is 35.9 Å². The molecular formula is C32H35F3N6OS. The van der Waals surface area contributed by atoms with Crippen molar-refractivity contribution in [1.82, 2.24) is 29.7 Å². The average molecular weight is 609 g/mol. The van der Waals surface area contributed by atoms with Gasteiger partial charge in [-0.15, -0.1) is 0 Å². The number of halogens is 3. The molecule has 0 saturated carbocycles. The number of nitrogens with one attached hydrogen (secondary N) is 1. The Balaban J connectivity index is 1.32. The van der Waals surface area contributed by atoms with Crippen LogP contribution in [0.5, 0.6) is 0 Å². The number of alkyl halides is 3. The highest BCUT2D eigenvalue weighted by Gasteiger charge is 2.34. The van der Waals surface area contributed by atoms with Gasteiger partial charge in [0.1, 0.15) is 5.69 Å². The van der Waals surface area contributed by atoms with Crippen molar-refractivity contribution < 1.29 is 18.0 Å². The molecule has 1 amide bonds. The van der Waals surface area contributed by atoms with Crippen molar-refractivity contribution in [2.45, 2.75) is 45.8 Å². The Morgan fingerprint density at radius 1 is 1.14 bits per heavy atom. The molecule has 1 fully saturated rings. The topological polar surface area (TPSA) is 65.8 Å². The molecule has 3 aromatic rings. The number of piperazine rings is 1. The number of hydrogen-bond acceptors (Lipinski definition) is 6. The monoisotopic (exact) mass is 608 g/mol. The largest absolute Gasteiger partial charge is 0.416 e. The van der Waals surface area contributed by atoms with Gasteiger partial charge < -0.3 is 10.2 Å². The number of allylic oxidation sites excluding steroid dienone is 3. The van der Waals surface area contributed by atoms with Gasteiger partial charge in [0.2, 0.25) is 0 Å². The molecule has 1 atom stereocenters. The van der Waals surface area contributed by atoms with Crippen LogP contribution in [0.2, 0.25) is 0 Å². The van der Waals surface area contributed by atoms with Gasteiger partial charge in [-0.1, -0.05) is 56.7 Å². The smallest absolute Gasteiger partial charge is 0.317 e. The number of carbonyl (C=O) groups excluding carboxylic acids is 1. The number of aromatic nitrogens is 3. The van der Waals surface area contributed by atoms with E-state index in [9.17, 15) is 18.0 Å². The van der Waals surface area contributed by atoms with E-state index < -0.39 is 17.6 Å². The first kappa shape index (κ1) is 30.9. The van der Waals surface area contributed by atoms with E-state index in [4.69, 9.17) is 0 Å². The second-order valence-corrected chi connectivity index (χ2v) is 12.5. The van der Waals surface area contributed by atoms with Crippen molar-refractivity contribution in [3.63, 3.8) is 0 Å². The van der Waals surface area contributed by atoms with E-state index >= 15 is 0 Å². The standard InChI is InChI=1S/C32H35F3N6OS/c1-21(2)28-10-11-29-36-19-25(41(29)38-28)8-9-26-17-22(3)5-12-30(43-26)37-31(42)23-6-7-24(27(18-23)32(33,34)35)20-40-15-13-39(4)14-16-40/h6-7,10-12,17-19,21-22H,5,13-16,20H2,1-4H3,(H,37,42). The summed E-state index contributed by atoms with van der Waals surface area (Å²) in [5, 5.41) is 8.01. The highest BCUT2D eigenvalue weighted by atomic mass is 32.2. The molecule has 1 unspecified atom stereocenters. The molecule has 1 aromatic carbocycles. The zero-order valence-electron chi connectivity index (χ0n) is 24.7. The number of imidazole rings is 1. The summed E-state index contributed by atoms with van der Waals surface area (Å²) in [5.74, 6) is 6.15. The van der Waals surface area contributed by atoms with E-state index in [1.807, 2.05) is 43.2 Å². The molecule has 0 bridgehead atoms. The lowest BCUT2D eigenvalue weighted by molar-refractivity contribution is -0.138. The lowest BCUT2D eigenvalue weighted by Crippen LogP contribution is -2.44. The Hall–Kier alpha value is -3.59. The second kappa shape index (κ2) is 13.0. The lowest BCUT2D eigenvalue weighted by atomic mass is 10.0. The van der Waals surface area contributed by atoms with E-state index in [-0.39, 0.29) is 29.5 Å². The summed E-state index contributed by atoms with van der Waals surface area (Å²) in [6, 6.07) is 7.73. The number of thioether (sulfide) groups is 1. The molecule has 43 heavy (non-hydrogen) atoms. The third-order valence-corrected chi connectivity index (χ3v) is 8.47. The van der Waals surface area contributed by atoms with Gasteiger partial charge in [0.25, 0.3) is 5.91 Å². The predicted octanol–water partition coefficient (Wildman–Crippen LogP) is 5.90. The second-order valence-electron chi connectivity index (χ2n) is 11.4. The summed E-state index contributed by atoms with van der Waals surface area (Å²) in [5.41, 5.74) is 1.63. The zero-order chi connectivity index (χ0) is 30.7. The Bertz CT molecular complexity index is 1620. The Labute approximate surface area is 254 Å². The molecule has 0 spiro atoms. The number of amides is 1. The van der Waals surface area contributed by atoms with E-state index in [0.717, 1.165) is 29.8 Å². The maximum atomic E-state index is 14.1. The molecule has 2 aliphatic heterocycles. The summed E-state index contributed by atoms with van der Waals surface area (Å²) in [6.07, 6.45) is 1.67. The van der Waals surface area contributed by atoms with Gasteiger partial charge in [-0.2, -0.15) is 18.3 Å². The number of carbonyl (C=O) groups is 1. The molecule has 5 rings (SSSR count). The minimum absolute atomic E-state index is 0.0392. The summed E-state index contributed by atoms with van der Waals surface area (Å²) in [6.45, 7) is 9.39. The first-order chi connectivity index (χ1) is 20.5. The molecule has 2 aliphatic rings. The maximum Gasteiger partial charge on any atom is 0.416 e. The fourth-order valence-corrected chi connectivity index (χ4v) is 5.88. The summed E-state index contributed by atoms with van der Waals surface area (Å²) in [4.78, 5) is 22.5. The van der Waals surface area contributed by atoms with Crippen molar-refractivity contribution in [3.8, 4) is 11.8 Å². The van der Waals surface area contributed by atoms with Crippen LogP contribution >= 0.6 is 11.8 Å². The van der Waals surface area contributed by atoms with Crippen LogP contribution < -0.4 is 5.32 Å². The van der Waals surface area contributed by atoms with Crippen LogP contribution in [-0.2, 0) is 12.7 Å². The minimum atomic E-state index is -4.57. The minimum Gasteiger partial charge on any atom is -0.317 e. The van der Waals surface area contributed by atoms with Crippen LogP contribution in [0.15, 0.2) is 58.6 Å². The van der Waals surface area contributed by atoms with Gasteiger partial charge in [0.15, 0.2) is 5.65 Å². The highest BCUT2D eigenvalue weighted by Crippen LogP contribution is 2.34. The van der Waals surface area contributed by atoms with Crippen LogP contribution in [0.25, 0.3) is 5.65 Å². The quantitative estimate of drug-likeness (QED) is 0.364. The SMILES string of the molecule is CC1C=C(C#Cc2cnc3ccc(C(C)C)nn23)SC(NC(=O)c2ccc(CN3CCN(C)CC3)c(C(F)(F)F)c2)=CC1. The van der Waals surface area contributed by atoms with Crippen LogP contribution in [0.3, 0.4) is 0 Å². The van der Waals surface area contributed by atoms with Gasteiger partial charge in [-0.05, 0) is 61.1 Å². The fraction of sp³-hybridized carbons (Fsp3) is 0.406. The normalized spacial score (nSPS) is 18.6. The van der Waals surface area contributed by atoms with Crippen LogP contribution in [0, 0.1) is 17.8 Å². The van der Waals surface area contributed by atoms with Crippen molar-refractivity contribution in [2.75, 3.05) is 33.2 Å². The highest BCUT2D eigenvalue weighted by molar-refractivity contribution is 8.07. The van der Waals surface area contributed by atoms with Crippen molar-refractivity contribution in [1.29, 1.82) is 0 Å². The summed E-state index contributed by atoms with van der Waals surface area (Å²) >= 11 is 1.28. The first-order valence-corrected chi connectivity index (χ1v) is 15.2. The van der Waals surface area contributed by atoms with Crippen LogP contribution in [0.1, 0.15) is 66.0 Å². The Morgan fingerprint density at radius 2 is 1.91 bits per heavy atom. The molecule has 4 heterocycles. The first-order valence-electron chi connectivity index (χ1n) is 14.3. The molecule has 11 heteroatoms. The molecular weight excluding hydrogens is 573 g/mol. The molecule has 7 nitrogen and oxygen atoms in total. The van der Waals surface area contributed by atoms with Gasteiger partial charge in [-0.3, -0.25) is 9.69 Å². The molecule has 1 saturated heterocycles. The molecule has 0 radical (unpaired) electrons. The third-order valence-electron chi connectivity index (χ3n) is 7.52. The third kappa shape index (κ3) is 7.68. The van der Waals surface area contributed by atoms with Gasteiger partial charge in [0, 0.05) is 38.3 Å². The number of nitrogens with zero attached hydrogens (tertiary/aromatic N) is 5. The number of likely N-dealkylation sites (N-methyl/N-ethyl adjacent to an activating group) is 1. The molecule has 0 aliphatic carbocycles. The molecule has 226 valence electrons. The van der Waals surface area contributed by atoms with Crippen LogP contribution in [0.4, 0.5) is 13.2 Å². The summed E-state index contributed by atoms with van der Waals surface area (Å²) < 4.78 is 43.9. The maximum absolute atomic E-state index is 14.1. The Morgan fingerprint density at radius 3 is 2.63 bits per heavy atom. The van der Waals surface area contributed by atoms with Gasteiger partial charge in [-0.25, -0.2) is 9.50 Å². The van der Waals surface area contributed by atoms with E-state index in [1.54, 1.807) is 10.7 Å².